The van der Waals surface area contributed by atoms with Crippen molar-refractivity contribution in [2.45, 2.75) is 19.9 Å². The van der Waals surface area contributed by atoms with Crippen LogP contribution in [0, 0.1) is 6.92 Å². The predicted octanol–water partition coefficient (Wildman–Crippen LogP) is 3.40. The van der Waals surface area contributed by atoms with Crippen LogP contribution in [0.15, 0.2) is 48.5 Å². The highest BCUT2D eigenvalue weighted by molar-refractivity contribution is 6.30. The van der Waals surface area contributed by atoms with Gasteiger partial charge in [0.2, 0.25) is 11.8 Å². The number of hydrogen-bond donors (Lipinski definition) is 2. The largest absolute Gasteiger partial charge is 0.335 e. The van der Waals surface area contributed by atoms with Gasteiger partial charge in [0.15, 0.2) is 0 Å². The molecule has 0 radical (unpaired) electrons. The molecule has 0 bridgehead atoms. The minimum atomic E-state index is -0.226. The molecule has 2 N–H and O–H groups in total. The molecule has 0 fully saturated rings. The van der Waals surface area contributed by atoms with E-state index in [9.17, 15) is 9.59 Å². The molecule has 0 unspecified atom stereocenters. The number of likely N-dealkylation sites (N-methyl/N-ethyl adjacent to an activating group) is 1. The Bertz CT molecular complexity index is 745. The van der Waals surface area contributed by atoms with E-state index in [2.05, 4.69) is 10.6 Å². The van der Waals surface area contributed by atoms with Crippen LogP contribution < -0.4 is 10.6 Å². The van der Waals surface area contributed by atoms with Crippen LogP contribution in [0.3, 0.4) is 0 Å². The van der Waals surface area contributed by atoms with E-state index in [0.717, 1.165) is 16.8 Å². The van der Waals surface area contributed by atoms with Gasteiger partial charge < -0.3 is 15.5 Å². The van der Waals surface area contributed by atoms with Crippen LogP contribution in [-0.2, 0) is 9.59 Å². The number of aryl methyl sites for hydroxylation is 1. The molecule has 2 aromatic carbocycles. The molecule has 0 saturated carbocycles. The maximum absolute atomic E-state index is 12.2. The summed E-state index contributed by atoms with van der Waals surface area (Å²) >= 11 is 5.88. The number of hydrogen-bond acceptors (Lipinski definition) is 3. The first-order chi connectivity index (χ1) is 12.3. The predicted molar refractivity (Wildman–Crippen MR) is 105 cm³/mol. The third kappa shape index (κ3) is 6.17. The summed E-state index contributed by atoms with van der Waals surface area (Å²) in [4.78, 5) is 25.7. The molecule has 0 saturated heterocycles. The van der Waals surface area contributed by atoms with Gasteiger partial charge in [-0.05, 0) is 43.7 Å². The van der Waals surface area contributed by atoms with Crippen LogP contribution in [0.2, 0.25) is 5.02 Å². The number of rotatable bonds is 7. The highest BCUT2D eigenvalue weighted by Crippen LogP contribution is 2.15. The van der Waals surface area contributed by atoms with Crippen molar-refractivity contribution >= 4 is 29.1 Å². The molecule has 0 aliphatic heterocycles. The molecular weight excluding hydrogens is 350 g/mol. The average Bonchev–Trinajstić information content (AvgIpc) is 2.61. The van der Waals surface area contributed by atoms with Crippen molar-refractivity contribution < 1.29 is 9.59 Å². The molecule has 2 rings (SSSR count). The summed E-state index contributed by atoms with van der Waals surface area (Å²) in [5, 5.41) is 6.62. The van der Waals surface area contributed by atoms with E-state index in [4.69, 9.17) is 11.6 Å². The fourth-order valence-corrected chi connectivity index (χ4v) is 2.51. The number of benzene rings is 2. The molecule has 26 heavy (non-hydrogen) atoms. The summed E-state index contributed by atoms with van der Waals surface area (Å²) in [6, 6.07) is 15.0. The fourth-order valence-electron chi connectivity index (χ4n) is 2.39. The first-order valence-electron chi connectivity index (χ1n) is 8.44. The smallest absolute Gasteiger partial charge is 0.243 e. The maximum atomic E-state index is 12.2. The Labute approximate surface area is 159 Å². The summed E-state index contributed by atoms with van der Waals surface area (Å²) in [5.74, 6) is -0.375. The monoisotopic (exact) mass is 373 g/mol. The van der Waals surface area contributed by atoms with E-state index in [1.54, 1.807) is 7.05 Å². The first kappa shape index (κ1) is 19.9. The molecule has 0 spiro atoms. The molecule has 0 heterocycles. The number of halogens is 1. The first-order valence-corrected chi connectivity index (χ1v) is 8.82. The normalized spacial score (nSPS) is 11.7. The summed E-state index contributed by atoms with van der Waals surface area (Å²) < 4.78 is 0. The van der Waals surface area contributed by atoms with Crippen LogP contribution in [0.1, 0.15) is 24.1 Å². The lowest BCUT2D eigenvalue weighted by molar-refractivity contribution is -0.132. The minimum Gasteiger partial charge on any atom is -0.335 e. The number of carbonyl (C=O) groups is 2. The van der Waals surface area contributed by atoms with Gasteiger partial charge in [-0.25, -0.2) is 0 Å². The molecule has 0 aliphatic carbocycles. The van der Waals surface area contributed by atoms with E-state index < -0.39 is 0 Å². The Morgan fingerprint density at radius 3 is 2.31 bits per heavy atom. The van der Waals surface area contributed by atoms with Gasteiger partial charge in [-0.1, -0.05) is 41.4 Å². The maximum Gasteiger partial charge on any atom is 0.243 e. The van der Waals surface area contributed by atoms with Gasteiger partial charge in [0, 0.05) is 23.8 Å². The number of anilines is 1. The zero-order chi connectivity index (χ0) is 19.1. The third-order valence-corrected chi connectivity index (χ3v) is 4.32. The van der Waals surface area contributed by atoms with Crippen molar-refractivity contribution in [3.63, 3.8) is 0 Å². The summed E-state index contributed by atoms with van der Waals surface area (Å²) in [6.07, 6.45) is 0. The zero-order valence-electron chi connectivity index (χ0n) is 15.3. The highest BCUT2D eigenvalue weighted by atomic mass is 35.5. The molecule has 138 valence electrons. The topological polar surface area (TPSA) is 61.4 Å². The Balaban J connectivity index is 1.78. The number of amides is 2. The van der Waals surface area contributed by atoms with E-state index in [0.29, 0.717) is 5.02 Å². The quantitative estimate of drug-likeness (QED) is 0.782. The Morgan fingerprint density at radius 1 is 1.08 bits per heavy atom. The van der Waals surface area contributed by atoms with Crippen molar-refractivity contribution in [1.82, 2.24) is 10.2 Å². The molecule has 6 heteroatoms. The molecular formula is C20H24ClN3O2. The van der Waals surface area contributed by atoms with Gasteiger partial charge in [-0.3, -0.25) is 9.59 Å². The second kappa shape index (κ2) is 9.36. The standard InChI is InChI=1S/C20H24ClN3O2/c1-14-4-10-18(11-5-14)23-19(25)13-24(3)20(26)12-22-15(2)16-6-8-17(21)9-7-16/h4-11,15,22H,12-13H2,1-3H3,(H,23,25)/t15-/m0/s1. The number of nitrogens with zero attached hydrogens (tertiary/aromatic N) is 1. The van der Waals surface area contributed by atoms with Gasteiger partial charge in [-0.2, -0.15) is 0 Å². The van der Waals surface area contributed by atoms with Crippen LogP contribution >= 0.6 is 11.6 Å². The molecule has 1 atom stereocenters. The Hall–Kier alpha value is -2.37. The summed E-state index contributed by atoms with van der Waals surface area (Å²) in [7, 11) is 1.62. The van der Waals surface area contributed by atoms with Crippen LogP contribution in [0.25, 0.3) is 0 Å². The van der Waals surface area contributed by atoms with Gasteiger partial charge >= 0.3 is 0 Å². The van der Waals surface area contributed by atoms with E-state index in [-0.39, 0.29) is 30.9 Å². The van der Waals surface area contributed by atoms with Crippen LogP contribution in [0.4, 0.5) is 5.69 Å². The number of carbonyl (C=O) groups excluding carboxylic acids is 2. The number of nitrogens with one attached hydrogen (secondary N) is 2. The fraction of sp³-hybridized carbons (Fsp3) is 0.300. The molecule has 2 aromatic rings. The van der Waals surface area contributed by atoms with Gasteiger partial charge in [0.1, 0.15) is 0 Å². The van der Waals surface area contributed by atoms with Gasteiger partial charge in [-0.15, -0.1) is 0 Å². The van der Waals surface area contributed by atoms with Crippen LogP contribution in [0.5, 0.6) is 0 Å². The van der Waals surface area contributed by atoms with Crippen molar-refractivity contribution in [2.75, 3.05) is 25.5 Å². The average molecular weight is 374 g/mol. The van der Waals surface area contributed by atoms with E-state index >= 15 is 0 Å². The second-order valence-electron chi connectivity index (χ2n) is 6.32. The van der Waals surface area contributed by atoms with E-state index in [1.165, 1.54) is 4.90 Å². The molecule has 5 nitrogen and oxygen atoms in total. The SMILES string of the molecule is Cc1ccc(NC(=O)CN(C)C(=O)CN[C@@H](C)c2ccc(Cl)cc2)cc1. The third-order valence-electron chi connectivity index (χ3n) is 4.07. The van der Waals surface area contributed by atoms with Gasteiger partial charge in [0.25, 0.3) is 0 Å². The Morgan fingerprint density at radius 2 is 1.69 bits per heavy atom. The molecule has 0 aromatic heterocycles. The van der Waals surface area contributed by atoms with E-state index in [1.807, 2.05) is 62.4 Å². The minimum absolute atomic E-state index is 0.00369. The lowest BCUT2D eigenvalue weighted by Gasteiger charge is -2.19. The lowest BCUT2D eigenvalue weighted by Crippen LogP contribution is -2.40. The van der Waals surface area contributed by atoms with Crippen molar-refractivity contribution in [2.24, 2.45) is 0 Å². The molecule has 2 amide bonds. The van der Waals surface area contributed by atoms with Gasteiger partial charge in [0.05, 0.1) is 13.1 Å². The van der Waals surface area contributed by atoms with Crippen molar-refractivity contribution in [3.8, 4) is 0 Å². The molecule has 0 aliphatic rings. The second-order valence-corrected chi connectivity index (χ2v) is 6.75. The highest BCUT2D eigenvalue weighted by Gasteiger charge is 2.14. The van der Waals surface area contributed by atoms with Crippen LogP contribution in [-0.4, -0.2) is 36.9 Å². The Kier molecular flexibility index (Phi) is 7.18. The van der Waals surface area contributed by atoms with Crippen molar-refractivity contribution in [1.29, 1.82) is 0 Å². The van der Waals surface area contributed by atoms with Crippen molar-refractivity contribution in [3.05, 3.63) is 64.7 Å². The summed E-state index contributed by atoms with van der Waals surface area (Å²) in [5.41, 5.74) is 2.88. The summed E-state index contributed by atoms with van der Waals surface area (Å²) in [6.45, 7) is 4.11. The zero-order valence-corrected chi connectivity index (χ0v) is 16.0. The lowest BCUT2D eigenvalue weighted by atomic mass is 10.1.